The van der Waals surface area contributed by atoms with Gasteiger partial charge in [0, 0.05) is 17.8 Å². The zero-order valence-electron chi connectivity index (χ0n) is 21.3. The molecule has 0 spiro atoms. The van der Waals surface area contributed by atoms with Gasteiger partial charge in [0.25, 0.3) is 0 Å². The van der Waals surface area contributed by atoms with E-state index < -0.39 is 17.9 Å². The molecule has 192 valence electrons. The summed E-state index contributed by atoms with van der Waals surface area (Å²) in [4.78, 5) is 14.9. The highest BCUT2D eigenvalue weighted by molar-refractivity contribution is 7.99. The van der Waals surface area contributed by atoms with E-state index in [1.807, 2.05) is 32.5 Å². The van der Waals surface area contributed by atoms with Crippen molar-refractivity contribution in [3.8, 4) is 0 Å². The molecule has 0 radical (unpaired) electrons. The number of hydrogen-bond donors (Lipinski definition) is 3. The lowest BCUT2D eigenvalue weighted by molar-refractivity contribution is 0.0317. The molecule has 6 nitrogen and oxygen atoms in total. The van der Waals surface area contributed by atoms with Crippen molar-refractivity contribution in [2.45, 2.75) is 108 Å². The molecule has 1 aliphatic heterocycles. The summed E-state index contributed by atoms with van der Waals surface area (Å²) >= 11 is 1.99. The van der Waals surface area contributed by atoms with E-state index in [2.05, 4.69) is 45.9 Å². The van der Waals surface area contributed by atoms with E-state index in [0.717, 1.165) is 49.9 Å². The van der Waals surface area contributed by atoms with Crippen LogP contribution in [0.15, 0.2) is 30.3 Å². The third-order valence-electron chi connectivity index (χ3n) is 6.66. The van der Waals surface area contributed by atoms with Crippen molar-refractivity contribution in [1.29, 1.82) is 0 Å². The molecule has 1 amide bonds. The first-order valence-corrected chi connectivity index (χ1v) is 14.1. The van der Waals surface area contributed by atoms with E-state index in [9.17, 15) is 9.90 Å². The fourth-order valence-electron chi connectivity index (χ4n) is 4.82. The number of piperidine rings is 1. The first kappa shape index (κ1) is 27.3. The van der Waals surface area contributed by atoms with Gasteiger partial charge in [-0.15, -0.1) is 0 Å². The number of aliphatic hydroxyl groups is 1. The van der Waals surface area contributed by atoms with Crippen LogP contribution < -0.4 is 10.6 Å². The molecule has 0 bridgehead atoms. The second kappa shape index (κ2) is 13.7. The average Bonchev–Trinajstić information content (AvgIpc) is 2.80. The number of benzene rings is 1. The van der Waals surface area contributed by atoms with Gasteiger partial charge in [-0.2, -0.15) is 11.8 Å². The number of thioether (sulfide) groups is 1. The fourth-order valence-corrected chi connectivity index (χ4v) is 6.21. The number of amides is 1. The molecule has 2 fully saturated rings. The number of carbonyl (C=O) groups excluding carboxylic acids is 1. The summed E-state index contributed by atoms with van der Waals surface area (Å²) < 4.78 is 5.47. The van der Waals surface area contributed by atoms with Crippen LogP contribution in [-0.4, -0.2) is 64.1 Å². The van der Waals surface area contributed by atoms with Crippen LogP contribution in [-0.2, 0) is 11.3 Å². The first-order chi connectivity index (χ1) is 16.3. The molecule has 2 atom stereocenters. The smallest absolute Gasteiger partial charge is 0.408 e. The van der Waals surface area contributed by atoms with Crippen molar-refractivity contribution in [3.05, 3.63) is 35.9 Å². The summed E-state index contributed by atoms with van der Waals surface area (Å²) in [5.41, 5.74) is 0.779. The van der Waals surface area contributed by atoms with E-state index in [0.29, 0.717) is 0 Å². The van der Waals surface area contributed by atoms with Crippen molar-refractivity contribution in [1.82, 2.24) is 15.5 Å². The Morgan fingerprint density at radius 2 is 1.79 bits per heavy atom. The van der Waals surface area contributed by atoms with Crippen molar-refractivity contribution < 1.29 is 14.6 Å². The largest absolute Gasteiger partial charge is 0.444 e. The molecule has 2 unspecified atom stereocenters. The minimum atomic E-state index is -0.787. The Bertz CT molecular complexity index is 714. The zero-order chi connectivity index (χ0) is 24.4. The van der Waals surface area contributed by atoms with Gasteiger partial charge in [-0.05, 0) is 77.3 Å². The predicted octanol–water partition coefficient (Wildman–Crippen LogP) is 4.91. The van der Waals surface area contributed by atoms with Crippen LogP contribution in [0.25, 0.3) is 0 Å². The molecule has 34 heavy (non-hydrogen) atoms. The third kappa shape index (κ3) is 10.1. The lowest BCUT2D eigenvalue weighted by atomic mass is 10.0. The molecule has 3 rings (SSSR count). The highest BCUT2D eigenvalue weighted by Gasteiger charge is 2.28. The van der Waals surface area contributed by atoms with Gasteiger partial charge < -0.3 is 15.2 Å². The Kier molecular flexibility index (Phi) is 11.0. The van der Waals surface area contributed by atoms with Gasteiger partial charge in [0.15, 0.2) is 0 Å². The number of hydrogen-bond acceptors (Lipinski definition) is 6. The van der Waals surface area contributed by atoms with Crippen molar-refractivity contribution >= 4 is 17.9 Å². The van der Waals surface area contributed by atoms with Crippen LogP contribution in [0, 0.1) is 0 Å². The maximum atomic E-state index is 12.5. The number of nitrogens with zero attached hydrogens (tertiary/aromatic N) is 1. The lowest BCUT2D eigenvalue weighted by Gasteiger charge is -2.35. The summed E-state index contributed by atoms with van der Waals surface area (Å²) in [7, 11) is 0. The van der Waals surface area contributed by atoms with E-state index in [1.165, 1.54) is 37.7 Å². The van der Waals surface area contributed by atoms with Crippen molar-refractivity contribution in [2.24, 2.45) is 0 Å². The Morgan fingerprint density at radius 3 is 2.44 bits per heavy atom. The van der Waals surface area contributed by atoms with Crippen LogP contribution in [0.4, 0.5) is 4.79 Å². The van der Waals surface area contributed by atoms with Gasteiger partial charge in [0.05, 0.1) is 6.04 Å². The number of ether oxygens (including phenoxy) is 1. The highest BCUT2D eigenvalue weighted by Crippen LogP contribution is 2.29. The number of alkyl carbamates (subject to hydrolysis) is 1. The number of nitrogens with one attached hydrogen (secondary N) is 2. The summed E-state index contributed by atoms with van der Waals surface area (Å²) in [5, 5.41) is 18.1. The number of rotatable bonds is 10. The van der Waals surface area contributed by atoms with Crippen molar-refractivity contribution in [3.63, 3.8) is 0 Å². The number of likely N-dealkylation sites (tertiary alicyclic amines) is 1. The molecular formula is C27H45N3O3S. The van der Waals surface area contributed by atoms with Crippen LogP contribution in [0.2, 0.25) is 0 Å². The Balaban J connectivity index is 1.47. The summed E-state index contributed by atoms with van der Waals surface area (Å²) in [5.74, 6) is 0.930. The third-order valence-corrected chi connectivity index (χ3v) is 8.08. The Labute approximate surface area is 210 Å². The predicted molar refractivity (Wildman–Crippen MR) is 141 cm³/mol. The van der Waals surface area contributed by atoms with E-state index in [1.54, 1.807) is 0 Å². The Hall–Kier alpha value is -1.28. The maximum Gasteiger partial charge on any atom is 0.408 e. The molecular weight excluding hydrogens is 446 g/mol. The minimum Gasteiger partial charge on any atom is -0.444 e. The van der Waals surface area contributed by atoms with Gasteiger partial charge in [-0.3, -0.25) is 10.2 Å². The topological polar surface area (TPSA) is 73.8 Å². The molecule has 7 heteroatoms. The van der Waals surface area contributed by atoms with Gasteiger partial charge >= 0.3 is 6.09 Å². The average molecular weight is 492 g/mol. The van der Waals surface area contributed by atoms with Crippen LogP contribution in [0.3, 0.4) is 0 Å². The number of aliphatic hydroxyl groups excluding tert-OH is 1. The summed E-state index contributed by atoms with van der Waals surface area (Å²) in [6.07, 6.45) is 8.03. The highest BCUT2D eigenvalue weighted by atomic mass is 32.2. The van der Waals surface area contributed by atoms with Gasteiger partial charge in [-0.1, -0.05) is 49.6 Å². The fraction of sp³-hybridized carbons (Fsp3) is 0.741. The SMILES string of the molecule is CC(C)(C)OC(=O)NC(CCSC1CCCCC1)C(O)NC1CCN(Cc2ccccc2)CC1. The molecule has 0 aromatic heterocycles. The second-order valence-electron chi connectivity index (χ2n) is 10.8. The standard InChI is InChI=1S/C27H45N3O3S/c1-27(2,3)33-26(32)29-24(16-19-34-23-12-8-5-9-13-23)25(31)28-22-14-17-30(18-15-22)20-21-10-6-4-7-11-21/h4,6-7,10-11,22-25,28,31H,5,8-9,12-20H2,1-3H3,(H,29,32). The lowest BCUT2D eigenvalue weighted by Crippen LogP contribution is -2.55. The van der Waals surface area contributed by atoms with Crippen LogP contribution in [0.5, 0.6) is 0 Å². The van der Waals surface area contributed by atoms with Gasteiger partial charge in [0.1, 0.15) is 11.8 Å². The van der Waals surface area contributed by atoms with Crippen molar-refractivity contribution in [2.75, 3.05) is 18.8 Å². The maximum absolute atomic E-state index is 12.5. The van der Waals surface area contributed by atoms with E-state index in [4.69, 9.17) is 4.74 Å². The number of carbonyl (C=O) groups is 1. The van der Waals surface area contributed by atoms with Crippen LogP contribution in [0.1, 0.15) is 77.7 Å². The second-order valence-corrected chi connectivity index (χ2v) is 12.2. The molecule has 2 aliphatic rings. The molecule has 1 aliphatic carbocycles. The minimum absolute atomic E-state index is 0.246. The summed E-state index contributed by atoms with van der Waals surface area (Å²) in [6, 6.07) is 10.5. The van der Waals surface area contributed by atoms with E-state index in [-0.39, 0.29) is 12.1 Å². The molecule has 1 saturated carbocycles. The molecule has 1 heterocycles. The summed E-state index contributed by atoms with van der Waals surface area (Å²) in [6.45, 7) is 8.55. The molecule has 1 aromatic carbocycles. The van der Waals surface area contributed by atoms with Gasteiger partial charge in [-0.25, -0.2) is 4.79 Å². The first-order valence-electron chi connectivity index (χ1n) is 13.1. The van der Waals surface area contributed by atoms with Gasteiger partial charge in [0.2, 0.25) is 0 Å². The quantitative estimate of drug-likeness (QED) is 0.404. The van der Waals surface area contributed by atoms with E-state index >= 15 is 0 Å². The normalized spacial score (nSPS) is 20.6. The molecule has 3 N–H and O–H groups in total. The zero-order valence-corrected chi connectivity index (χ0v) is 22.1. The molecule has 1 saturated heterocycles. The monoisotopic (exact) mass is 491 g/mol. The Morgan fingerprint density at radius 1 is 1.12 bits per heavy atom. The molecule has 1 aromatic rings. The van der Waals surface area contributed by atoms with Crippen LogP contribution >= 0.6 is 11.8 Å².